The summed E-state index contributed by atoms with van der Waals surface area (Å²) in [5.74, 6) is -0.288. The van der Waals surface area contributed by atoms with Crippen LogP contribution >= 0.6 is 0 Å². The number of likely N-dealkylation sites (tertiary alicyclic amines) is 1. The topological polar surface area (TPSA) is 45.5 Å². The molecule has 1 saturated heterocycles. The van der Waals surface area contributed by atoms with Crippen LogP contribution in [0, 0.1) is 6.92 Å². The van der Waals surface area contributed by atoms with Crippen LogP contribution in [0.4, 0.5) is 13.2 Å². The monoisotopic (exact) mass is 352 g/mol. The minimum Gasteiger partial charge on any atom is -0.391 e. The summed E-state index contributed by atoms with van der Waals surface area (Å²) >= 11 is 0. The van der Waals surface area contributed by atoms with Crippen LogP contribution in [-0.2, 0) is 13.2 Å². The Kier molecular flexibility index (Phi) is 4.36. The van der Waals surface area contributed by atoms with E-state index in [0.717, 1.165) is 17.7 Å². The summed E-state index contributed by atoms with van der Waals surface area (Å²) in [7, 11) is 1.74. The Hall–Kier alpha value is -2.28. The number of carbonyl (C=O) groups excluding carboxylic acids is 1. The summed E-state index contributed by atoms with van der Waals surface area (Å²) in [4.78, 5) is 14.4. The zero-order valence-electron chi connectivity index (χ0n) is 13.9. The number of aliphatic hydroxyl groups is 1. The Balaban J connectivity index is 1.97. The number of aliphatic hydroxyl groups excluding tert-OH is 1. The van der Waals surface area contributed by atoms with Gasteiger partial charge in [-0.15, -0.1) is 0 Å². The van der Waals surface area contributed by atoms with Crippen molar-refractivity contribution in [2.45, 2.75) is 31.7 Å². The first-order valence-corrected chi connectivity index (χ1v) is 7.96. The first-order valence-electron chi connectivity index (χ1n) is 7.96. The highest BCUT2D eigenvalue weighted by atomic mass is 19.4. The summed E-state index contributed by atoms with van der Waals surface area (Å²) in [6.45, 7) is 1.91. The van der Waals surface area contributed by atoms with Gasteiger partial charge >= 0.3 is 6.18 Å². The van der Waals surface area contributed by atoms with Crippen LogP contribution in [0.5, 0.6) is 0 Å². The van der Waals surface area contributed by atoms with Crippen molar-refractivity contribution in [2.24, 2.45) is 7.05 Å². The van der Waals surface area contributed by atoms with Crippen molar-refractivity contribution < 1.29 is 23.1 Å². The van der Waals surface area contributed by atoms with Crippen molar-refractivity contribution in [1.82, 2.24) is 9.47 Å². The zero-order chi connectivity index (χ0) is 18.4. The van der Waals surface area contributed by atoms with Crippen LogP contribution in [0.2, 0.25) is 0 Å². The van der Waals surface area contributed by atoms with E-state index in [0.29, 0.717) is 11.3 Å². The van der Waals surface area contributed by atoms with Gasteiger partial charge < -0.3 is 14.6 Å². The lowest BCUT2D eigenvalue weighted by atomic mass is 10.0. The highest BCUT2D eigenvalue weighted by Gasteiger charge is 2.38. The SMILES string of the molecule is Cc1ccn(C)c1C(=O)N1C[C@H](O)C[C@@H]1c1cccc(C(F)(F)F)c1. The van der Waals surface area contributed by atoms with Crippen molar-refractivity contribution in [3.63, 3.8) is 0 Å². The molecule has 0 unspecified atom stereocenters. The van der Waals surface area contributed by atoms with E-state index in [4.69, 9.17) is 0 Å². The molecule has 1 N–H and O–H groups in total. The van der Waals surface area contributed by atoms with Gasteiger partial charge in [-0.1, -0.05) is 12.1 Å². The van der Waals surface area contributed by atoms with Crippen molar-refractivity contribution in [1.29, 1.82) is 0 Å². The highest BCUT2D eigenvalue weighted by molar-refractivity contribution is 5.94. The zero-order valence-corrected chi connectivity index (χ0v) is 13.9. The number of carbonyl (C=O) groups is 1. The van der Waals surface area contributed by atoms with Crippen LogP contribution in [0.3, 0.4) is 0 Å². The van der Waals surface area contributed by atoms with Gasteiger partial charge in [-0.3, -0.25) is 4.79 Å². The van der Waals surface area contributed by atoms with E-state index in [1.165, 1.54) is 11.0 Å². The Morgan fingerprint density at radius 1 is 1.28 bits per heavy atom. The second kappa shape index (κ2) is 6.22. The maximum Gasteiger partial charge on any atom is 0.416 e. The lowest BCUT2D eigenvalue weighted by molar-refractivity contribution is -0.137. The first kappa shape index (κ1) is 17.5. The summed E-state index contributed by atoms with van der Waals surface area (Å²) in [6, 6.07) is 6.18. The maximum atomic E-state index is 13.0. The quantitative estimate of drug-likeness (QED) is 0.901. The number of alkyl halides is 3. The predicted molar refractivity (Wildman–Crippen MR) is 86.0 cm³/mol. The number of amides is 1. The number of aromatic nitrogens is 1. The standard InChI is InChI=1S/C18H19F3N2O2/c1-11-6-7-22(2)16(11)17(25)23-10-14(24)9-15(23)12-4-3-5-13(8-12)18(19,20)21/h3-8,14-15,24H,9-10H2,1-2H3/t14-,15-/m1/s1. The molecule has 1 aliphatic rings. The Bertz CT molecular complexity index is 778. The Morgan fingerprint density at radius 3 is 2.60 bits per heavy atom. The molecule has 1 fully saturated rings. The van der Waals surface area contributed by atoms with Gasteiger partial charge in [-0.2, -0.15) is 13.2 Å². The number of nitrogens with zero attached hydrogens (tertiary/aromatic N) is 2. The van der Waals surface area contributed by atoms with Crippen LogP contribution in [-0.4, -0.2) is 33.1 Å². The van der Waals surface area contributed by atoms with Crippen LogP contribution in [0.1, 0.15) is 39.6 Å². The van der Waals surface area contributed by atoms with E-state index < -0.39 is 23.9 Å². The number of rotatable bonds is 2. The number of benzene rings is 1. The molecule has 3 rings (SSSR count). The van der Waals surface area contributed by atoms with Crippen molar-refractivity contribution in [3.05, 3.63) is 58.9 Å². The largest absolute Gasteiger partial charge is 0.416 e. The van der Waals surface area contributed by atoms with Crippen LogP contribution in [0.25, 0.3) is 0 Å². The lowest BCUT2D eigenvalue weighted by Crippen LogP contribution is -2.33. The number of halogens is 3. The summed E-state index contributed by atoms with van der Waals surface area (Å²) in [5.41, 5.74) is 0.892. The van der Waals surface area contributed by atoms with E-state index in [9.17, 15) is 23.1 Å². The fraction of sp³-hybridized carbons (Fsp3) is 0.389. The molecular weight excluding hydrogens is 333 g/mol. The summed E-state index contributed by atoms with van der Waals surface area (Å²) in [5, 5.41) is 10.0. The number of hydrogen-bond donors (Lipinski definition) is 1. The van der Waals surface area contributed by atoms with Gasteiger partial charge in [0.25, 0.3) is 5.91 Å². The fourth-order valence-electron chi connectivity index (χ4n) is 3.39. The predicted octanol–water partition coefficient (Wildman–Crippen LogP) is 3.30. The van der Waals surface area contributed by atoms with Gasteiger partial charge in [0.05, 0.1) is 17.7 Å². The van der Waals surface area contributed by atoms with Crippen molar-refractivity contribution in [2.75, 3.05) is 6.54 Å². The third-order valence-corrected chi connectivity index (χ3v) is 4.62. The molecule has 1 aliphatic heterocycles. The smallest absolute Gasteiger partial charge is 0.391 e. The van der Waals surface area contributed by atoms with Gasteiger partial charge in [0, 0.05) is 19.8 Å². The van der Waals surface area contributed by atoms with E-state index >= 15 is 0 Å². The molecular formula is C18H19F3N2O2. The molecule has 25 heavy (non-hydrogen) atoms. The molecule has 0 spiro atoms. The second-order valence-electron chi connectivity index (χ2n) is 6.44. The molecule has 134 valence electrons. The van der Waals surface area contributed by atoms with Gasteiger partial charge in [0.2, 0.25) is 0 Å². The van der Waals surface area contributed by atoms with Gasteiger partial charge in [-0.25, -0.2) is 0 Å². The average molecular weight is 352 g/mol. The second-order valence-corrected chi connectivity index (χ2v) is 6.44. The minimum absolute atomic E-state index is 0.102. The molecule has 2 aromatic rings. The molecule has 1 aromatic heterocycles. The molecule has 0 radical (unpaired) electrons. The molecule has 7 heteroatoms. The maximum absolute atomic E-state index is 13.0. The number of aryl methyl sites for hydroxylation is 2. The van der Waals surface area contributed by atoms with E-state index in [1.54, 1.807) is 36.9 Å². The van der Waals surface area contributed by atoms with Crippen molar-refractivity contribution >= 4 is 5.91 Å². The lowest BCUT2D eigenvalue weighted by Gasteiger charge is -2.26. The Labute approximate surface area is 143 Å². The first-order chi connectivity index (χ1) is 11.7. The Morgan fingerprint density at radius 2 is 2.00 bits per heavy atom. The normalized spacial score (nSPS) is 21.0. The molecule has 2 heterocycles. The average Bonchev–Trinajstić information content (AvgIpc) is 3.09. The number of hydrogen-bond acceptors (Lipinski definition) is 2. The van der Waals surface area contributed by atoms with Gasteiger partial charge in [-0.05, 0) is 42.7 Å². The molecule has 0 bridgehead atoms. The molecule has 1 aromatic carbocycles. The van der Waals surface area contributed by atoms with Crippen LogP contribution in [0.15, 0.2) is 36.5 Å². The highest BCUT2D eigenvalue weighted by Crippen LogP contribution is 2.37. The molecule has 0 aliphatic carbocycles. The van der Waals surface area contributed by atoms with E-state index in [1.807, 2.05) is 0 Å². The molecule has 4 nitrogen and oxygen atoms in total. The molecule has 0 saturated carbocycles. The number of β-amino-alcohol motifs (C(OH)–C–C–N with tert-alkyl or cyclic N) is 1. The van der Waals surface area contributed by atoms with Gasteiger partial charge in [0.1, 0.15) is 5.69 Å². The molecule has 2 atom stereocenters. The third kappa shape index (κ3) is 3.28. The van der Waals surface area contributed by atoms with Crippen molar-refractivity contribution in [3.8, 4) is 0 Å². The van der Waals surface area contributed by atoms with E-state index in [2.05, 4.69) is 0 Å². The van der Waals surface area contributed by atoms with Gasteiger partial charge in [0.15, 0.2) is 0 Å². The van der Waals surface area contributed by atoms with Crippen LogP contribution < -0.4 is 0 Å². The minimum atomic E-state index is -4.45. The summed E-state index contributed by atoms with van der Waals surface area (Å²) < 4.78 is 40.6. The molecule has 1 amide bonds. The third-order valence-electron chi connectivity index (χ3n) is 4.62. The summed E-state index contributed by atoms with van der Waals surface area (Å²) in [6.07, 6.45) is -3.23. The van der Waals surface area contributed by atoms with E-state index in [-0.39, 0.29) is 18.9 Å². The fourth-order valence-corrected chi connectivity index (χ4v) is 3.39.